The zero-order valence-corrected chi connectivity index (χ0v) is 20.0. The summed E-state index contributed by atoms with van der Waals surface area (Å²) in [5.74, 6) is 1.52. The summed E-state index contributed by atoms with van der Waals surface area (Å²) >= 11 is 0. The van der Waals surface area contributed by atoms with Crippen molar-refractivity contribution in [1.29, 1.82) is 0 Å². The quantitative estimate of drug-likeness (QED) is 0.245. The maximum atomic E-state index is 13.5. The van der Waals surface area contributed by atoms with Crippen molar-refractivity contribution in [3.8, 4) is 28.6 Å². The predicted molar refractivity (Wildman–Crippen MR) is 135 cm³/mol. The van der Waals surface area contributed by atoms with Crippen LogP contribution < -0.4 is 20.7 Å². The molecule has 0 radical (unpaired) electrons. The normalized spacial score (nSPS) is 11.3. The Balaban J connectivity index is 1.93. The molecule has 2 heterocycles. The zero-order valence-electron chi connectivity index (χ0n) is 20.0. The van der Waals surface area contributed by atoms with Gasteiger partial charge in [-0.05, 0) is 36.8 Å². The van der Waals surface area contributed by atoms with E-state index < -0.39 is 5.69 Å². The SMILES string of the molecule is CCCCCCCCn1c2nc(=O)n(-c3ccccc3)c(=O)c-2cc2ccc(OC)c(OC)c21. The van der Waals surface area contributed by atoms with Crippen LogP contribution >= 0.6 is 0 Å². The number of fused-ring (bicyclic) bond motifs is 2. The number of methoxy groups -OCH3 is 2. The lowest BCUT2D eigenvalue weighted by Gasteiger charge is -2.21. The number of nitrogens with zero attached hydrogens (tertiary/aromatic N) is 3. The fraction of sp³-hybridized carbons (Fsp3) is 0.370. The highest BCUT2D eigenvalue weighted by Gasteiger charge is 2.23. The topological polar surface area (TPSA) is 75.4 Å². The van der Waals surface area contributed by atoms with Gasteiger partial charge in [0.05, 0.1) is 31.0 Å². The zero-order chi connectivity index (χ0) is 24.1. The lowest BCUT2D eigenvalue weighted by atomic mass is 10.1. The molecule has 0 saturated carbocycles. The highest BCUT2D eigenvalue weighted by atomic mass is 16.5. The Bertz CT molecular complexity index is 1360. The maximum absolute atomic E-state index is 13.5. The second-order valence-corrected chi connectivity index (χ2v) is 8.41. The molecule has 7 nitrogen and oxygen atoms in total. The molecule has 0 amide bonds. The lowest BCUT2D eigenvalue weighted by molar-refractivity contribution is 0.356. The van der Waals surface area contributed by atoms with Gasteiger partial charge in [0.2, 0.25) is 0 Å². The van der Waals surface area contributed by atoms with Crippen molar-refractivity contribution in [3.63, 3.8) is 0 Å². The van der Waals surface area contributed by atoms with E-state index >= 15 is 0 Å². The molecule has 0 saturated heterocycles. The number of hydrogen-bond donors (Lipinski definition) is 0. The van der Waals surface area contributed by atoms with E-state index in [9.17, 15) is 9.59 Å². The van der Waals surface area contributed by atoms with Gasteiger partial charge in [0.25, 0.3) is 5.56 Å². The summed E-state index contributed by atoms with van der Waals surface area (Å²) in [7, 11) is 3.19. The van der Waals surface area contributed by atoms with E-state index in [-0.39, 0.29) is 5.56 Å². The minimum Gasteiger partial charge on any atom is -0.493 e. The van der Waals surface area contributed by atoms with Crippen LogP contribution in [-0.4, -0.2) is 28.3 Å². The van der Waals surface area contributed by atoms with Gasteiger partial charge < -0.3 is 14.0 Å². The molecule has 2 aromatic rings. The van der Waals surface area contributed by atoms with E-state index in [1.165, 1.54) is 19.3 Å². The first kappa shape index (κ1) is 23.5. The predicted octanol–water partition coefficient (Wildman–Crippen LogP) is 5.03. The standard InChI is InChI=1S/C27H31N3O4/c1-4-5-6-7-8-12-17-29-23-19(15-16-22(33-2)24(23)34-3)18-21-25(29)28-27(32)30(26(21)31)20-13-10-9-11-14-20/h9-11,13-16,18H,4-8,12,17H2,1-3H3. The Morgan fingerprint density at radius 3 is 2.32 bits per heavy atom. The molecular weight excluding hydrogens is 430 g/mol. The Morgan fingerprint density at radius 1 is 0.882 bits per heavy atom. The van der Waals surface area contributed by atoms with Gasteiger partial charge in [-0.15, -0.1) is 0 Å². The van der Waals surface area contributed by atoms with Crippen LogP contribution in [0.4, 0.5) is 0 Å². The highest BCUT2D eigenvalue weighted by molar-refractivity contribution is 5.92. The first-order valence-corrected chi connectivity index (χ1v) is 11.9. The summed E-state index contributed by atoms with van der Waals surface area (Å²) in [4.78, 5) is 31.0. The molecule has 0 spiro atoms. The van der Waals surface area contributed by atoms with Crippen LogP contribution in [0.5, 0.6) is 11.5 Å². The summed E-state index contributed by atoms with van der Waals surface area (Å²) in [5, 5.41) is 0.827. The van der Waals surface area contributed by atoms with Crippen LogP contribution in [0.2, 0.25) is 0 Å². The first-order valence-electron chi connectivity index (χ1n) is 11.9. The number of aryl methyl sites for hydroxylation is 1. The Morgan fingerprint density at radius 2 is 1.62 bits per heavy atom. The number of hydrogen-bond acceptors (Lipinski definition) is 5. The largest absolute Gasteiger partial charge is 0.493 e. The minimum absolute atomic E-state index is 0.370. The van der Waals surface area contributed by atoms with Crippen molar-refractivity contribution in [2.75, 3.05) is 14.2 Å². The number of unbranched alkanes of at least 4 members (excludes halogenated alkanes) is 5. The minimum atomic E-state index is -0.596. The van der Waals surface area contributed by atoms with Crippen LogP contribution in [-0.2, 0) is 6.54 Å². The summed E-state index contributed by atoms with van der Waals surface area (Å²) < 4.78 is 14.3. The van der Waals surface area contributed by atoms with Gasteiger partial charge in [-0.2, -0.15) is 4.98 Å². The van der Waals surface area contributed by atoms with E-state index in [4.69, 9.17) is 9.47 Å². The van der Waals surface area contributed by atoms with Gasteiger partial charge in [-0.1, -0.05) is 57.2 Å². The molecule has 0 atom stereocenters. The average molecular weight is 462 g/mol. The molecule has 2 aliphatic heterocycles. The summed E-state index contributed by atoms with van der Waals surface area (Å²) in [6.45, 7) is 2.82. The Labute approximate surface area is 198 Å². The molecule has 2 aliphatic rings. The molecule has 0 fully saturated rings. The summed E-state index contributed by atoms with van der Waals surface area (Å²) in [6.07, 6.45) is 6.75. The molecule has 34 heavy (non-hydrogen) atoms. The monoisotopic (exact) mass is 461 g/mol. The molecular formula is C27H31N3O4. The second-order valence-electron chi connectivity index (χ2n) is 8.41. The maximum Gasteiger partial charge on any atom is 0.357 e. The molecule has 0 N–H and O–H groups in total. The third-order valence-corrected chi connectivity index (χ3v) is 6.19. The van der Waals surface area contributed by atoms with Crippen molar-refractivity contribution in [3.05, 3.63) is 69.4 Å². The van der Waals surface area contributed by atoms with Gasteiger partial charge in [-0.3, -0.25) is 4.79 Å². The van der Waals surface area contributed by atoms with Gasteiger partial charge >= 0.3 is 5.69 Å². The van der Waals surface area contributed by atoms with E-state index in [1.807, 2.05) is 22.8 Å². The van der Waals surface area contributed by atoms with Crippen molar-refractivity contribution < 1.29 is 9.47 Å². The van der Waals surface area contributed by atoms with Crippen molar-refractivity contribution >= 4 is 10.9 Å². The van der Waals surface area contributed by atoms with E-state index in [2.05, 4.69) is 11.9 Å². The smallest absolute Gasteiger partial charge is 0.357 e. The van der Waals surface area contributed by atoms with Crippen molar-refractivity contribution in [2.45, 2.75) is 52.0 Å². The van der Waals surface area contributed by atoms with Crippen LogP contribution in [0.1, 0.15) is 45.4 Å². The third-order valence-electron chi connectivity index (χ3n) is 6.19. The van der Waals surface area contributed by atoms with E-state index in [0.29, 0.717) is 35.1 Å². The molecule has 0 aromatic heterocycles. The molecule has 0 bridgehead atoms. The Hall–Kier alpha value is -3.61. The lowest BCUT2D eigenvalue weighted by Crippen LogP contribution is -2.36. The van der Waals surface area contributed by atoms with Crippen LogP contribution in [0.15, 0.2) is 58.1 Å². The van der Waals surface area contributed by atoms with Crippen LogP contribution in [0.3, 0.4) is 0 Å². The van der Waals surface area contributed by atoms with Crippen LogP contribution in [0, 0.1) is 0 Å². The molecule has 0 unspecified atom stereocenters. The number of rotatable bonds is 10. The number of benzene rings is 2. The van der Waals surface area contributed by atoms with E-state index in [0.717, 1.165) is 34.7 Å². The molecule has 7 heteroatoms. The number of para-hydroxylation sites is 1. The molecule has 0 aliphatic carbocycles. The fourth-order valence-electron chi connectivity index (χ4n) is 4.49. The first-order chi connectivity index (χ1) is 16.6. The van der Waals surface area contributed by atoms with Gasteiger partial charge in [0.15, 0.2) is 17.3 Å². The van der Waals surface area contributed by atoms with Gasteiger partial charge in [-0.25, -0.2) is 9.36 Å². The van der Waals surface area contributed by atoms with Crippen LogP contribution in [0.25, 0.3) is 28.0 Å². The molecule has 178 valence electrons. The summed E-state index contributed by atoms with van der Waals surface area (Å²) in [6, 6.07) is 14.4. The number of aromatic nitrogens is 3. The molecule has 4 rings (SSSR count). The molecule has 2 aromatic carbocycles. The summed E-state index contributed by atoms with van der Waals surface area (Å²) in [5.41, 5.74) is 0.693. The van der Waals surface area contributed by atoms with Crippen molar-refractivity contribution in [1.82, 2.24) is 14.1 Å². The van der Waals surface area contributed by atoms with E-state index in [1.54, 1.807) is 44.6 Å². The van der Waals surface area contributed by atoms with Gasteiger partial charge in [0, 0.05) is 11.9 Å². The number of ether oxygens (including phenoxy) is 2. The highest BCUT2D eigenvalue weighted by Crippen LogP contribution is 2.38. The van der Waals surface area contributed by atoms with Gasteiger partial charge in [0.1, 0.15) is 0 Å². The number of pyridine rings is 1. The average Bonchev–Trinajstić information content (AvgIpc) is 2.86. The fourth-order valence-corrected chi connectivity index (χ4v) is 4.49. The third kappa shape index (κ3) is 4.42. The second kappa shape index (κ2) is 10.5. The van der Waals surface area contributed by atoms with Crippen molar-refractivity contribution in [2.24, 2.45) is 0 Å². The Kier molecular flexibility index (Phi) is 7.30.